The lowest BCUT2D eigenvalue weighted by molar-refractivity contribution is -0.113. The van der Waals surface area contributed by atoms with Gasteiger partial charge < -0.3 is 19.7 Å². The van der Waals surface area contributed by atoms with Crippen LogP contribution in [0.3, 0.4) is 0 Å². The lowest BCUT2D eigenvalue weighted by Crippen LogP contribution is -2.37. The summed E-state index contributed by atoms with van der Waals surface area (Å²) in [7, 11) is -1.29. The average Bonchev–Trinajstić information content (AvgIpc) is 3.01. The molecular formula is C15H15N3O6S. The maximum absolute atomic E-state index is 12.6. The van der Waals surface area contributed by atoms with Crippen LogP contribution in [-0.4, -0.2) is 43.1 Å². The fraction of sp³-hybridized carbons (Fsp3) is 0.200. The molecule has 2 heterocycles. The van der Waals surface area contributed by atoms with Gasteiger partial charge in [0.05, 0.1) is 4.90 Å². The minimum Gasteiger partial charge on any atom is -0.505 e. The molecule has 2 N–H and O–H groups in total. The predicted molar refractivity (Wildman–Crippen MR) is 86.8 cm³/mol. The molecule has 1 aliphatic heterocycles. The van der Waals surface area contributed by atoms with E-state index in [4.69, 9.17) is 9.26 Å². The molecule has 1 aromatic heterocycles. The molecule has 0 saturated carbocycles. The second-order valence-electron chi connectivity index (χ2n) is 5.23. The highest BCUT2D eigenvalue weighted by atomic mass is 32.2. The number of hydrogen-bond acceptors (Lipinski definition) is 7. The first-order valence-corrected chi connectivity index (χ1v) is 8.57. The molecule has 0 atom stereocenters. The number of amides is 1. The lowest BCUT2D eigenvalue weighted by Gasteiger charge is -2.28. The number of nitrogens with one attached hydrogen (secondary N) is 1. The highest BCUT2D eigenvalue weighted by Crippen LogP contribution is 2.34. The summed E-state index contributed by atoms with van der Waals surface area (Å²) in [5.41, 5.74) is -0.346. The third-order valence-corrected chi connectivity index (χ3v) is 5.44. The van der Waals surface area contributed by atoms with Crippen LogP contribution in [0.15, 0.2) is 45.4 Å². The first-order chi connectivity index (χ1) is 11.9. The Morgan fingerprint density at radius 1 is 1.40 bits per heavy atom. The van der Waals surface area contributed by atoms with Crippen LogP contribution in [0, 0.1) is 0 Å². The number of carbonyl (C=O) groups excluding carboxylic acids is 1. The van der Waals surface area contributed by atoms with Crippen molar-refractivity contribution in [3.8, 4) is 0 Å². The fourth-order valence-electron chi connectivity index (χ4n) is 2.44. The lowest BCUT2D eigenvalue weighted by atomic mass is 10.1. The van der Waals surface area contributed by atoms with Crippen LogP contribution in [0.5, 0.6) is 0 Å². The van der Waals surface area contributed by atoms with E-state index in [0.717, 1.165) is 4.31 Å². The molecule has 3 rings (SSSR count). The molecule has 1 amide bonds. The van der Waals surface area contributed by atoms with Crippen LogP contribution >= 0.6 is 0 Å². The Kier molecular flexibility index (Phi) is 4.23. The van der Waals surface area contributed by atoms with Crippen molar-refractivity contribution in [3.05, 3.63) is 47.4 Å². The van der Waals surface area contributed by atoms with Gasteiger partial charge in [-0.1, -0.05) is 17.3 Å². The Balaban J connectivity index is 1.98. The molecule has 0 aliphatic carbocycles. The van der Waals surface area contributed by atoms with E-state index in [9.17, 15) is 18.3 Å². The molecule has 1 aliphatic rings. The van der Waals surface area contributed by atoms with Crippen molar-refractivity contribution in [2.75, 3.05) is 19.5 Å². The minimum absolute atomic E-state index is 0.0611. The first kappa shape index (κ1) is 17.0. The number of likely N-dealkylation sites (N-methyl/N-ethyl adjacent to an activating group) is 1. The van der Waals surface area contributed by atoms with Gasteiger partial charge in [-0.15, -0.1) is 0 Å². The average molecular weight is 365 g/mol. The number of ether oxygens (including phenoxy) is 1. The molecule has 9 nitrogen and oxygen atoms in total. The minimum atomic E-state index is -3.95. The van der Waals surface area contributed by atoms with Crippen LogP contribution < -0.4 is 5.32 Å². The third-order valence-electron chi connectivity index (χ3n) is 3.62. The number of hydrogen-bond donors (Lipinski definition) is 2. The number of aliphatic hydroxyl groups excluding tert-OH is 1. The van der Waals surface area contributed by atoms with Gasteiger partial charge in [0, 0.05) is 25.8 Å². The quantitative estimate of drug-likeness (QED) is 0.838. The summed E-state index contributed by atoms with van der Waals surface area (Å²) in [6.45, 7) is 0.165. The van der Waals surface area contributed by atoms with Crippen LogP contribution in [0.25, 0.3) is 5.76 Å². The number of aromatic nitrogens is 1. The number of fused-ring (bicyclic) bond motifs is 1. The summed E-state index contributed by atoms with van der Waals surface area (Å²) in [5.74, 6) is -0.825. The Morgan fingerprint density at radius 3 is 2.84 bits per heavy atom. The smallest absolute Gasteiger partial charge is 0.278 e. The number of sulfonamides is 1. The number of benzene rings is 1. The molecular weight excluding hydrogens is 350 g/mol. The predicted octanol–water partition coefficient (Wildman–Crippen LogP) is 1.32. The van der Waals surface area contributed by atoms with Crippen molar-refractivity contribution in [1.29, 1.82) is 0 Å². The van der Waals surface area contributed by atoms with Crippen molar-refractivity contribution < 1.29 is 27.6 Å². The Labute approximate surface area is 143 Å². The van der Waals surface area contributed by atoms with Gasteiger partial charge in [-0.2, -0.15) is 0 Å². The van der Waals surface area contributed by atoms with Crippen molar-refractivity contribution in [3.63, 3.8) is 0 Å². The number of anilines is 1. The van der Waals surface area contributed by atoms with Gasteiger partial charge in [0.1, 0.15) is 6.61 Å². The highest BCUT2D eigenvalue weighted by Gasteiger charge is 2.37. The van der Waals surface area contributed by atoms with Gasteiger partial charge in [-0.3, -0.25) is 9.10 Å². The zero-order valence-corrected chi connectivity index (χ0v) is 14.2. The Bertz CT molecular complexity index is 963. The molecule has 2 aromatic rings. The standard InChI is InChI=1S/C15H15N3O6S/c1-18-13(15(20)16-12-7-9(8-23-2)24-17-12)14(19)10-5-3-4-6-11(10)25(18,21)22/h3-7,19H,8H2,1-2H3,(H,16,17,20). The number of aliphatic hydroxyl groups is 1. The van der Waals surface area contributed by atoms with E-state index in [1.807, 2.05) is 0 Å². The zero-order valence-electron chi connectivity index (χ0n) is 13.4. The summed E-state index contributed by atoms with van der Waals surface area (Å²) in [6.07, 6.45) is 0. The molecule has 0 unspecified atom stereocenters. The van der Waals surface area contributed by atoms with Crippen LogP contribution in [-0.2, 0) is 26.2 Å². The number of methoxy groups -OCH3 is 1. The van der Waals surface area contributed by atoms with Gasteiger partial charge in [-0.25, -0.2) is 8.42 Å². The molecule has 1 aromatic carbocycles. The molecule has 0 fully saturated rings. The van der Waals surface area contributed by atoms with Crippen molar-refractivity contribution in [2.45, 2.75) is 11.5 Å². The molecule has 25 heavy (non-hydrogen) atoms. The van der Waals surface area contributed by atoms with Gasteiger partial charge >= 0.3 is 0 Å². The van der Waals surface area contributed by atoms with Crippen molar-refractivity contribution in [1.82, 2.24) is 9.46 Å². The number of carbonyl (C=O) groups is 1. The monoisotopic (exact) mass is 365 g/mol. The third kappa shape index (κ3) is 2.85. The zero-order chi connectivity index (χ0) is 18.2. The van der Waals surface area contributed by atoms with Gasteiger partial charge in [0.2, 0.25) is 0 Å². The fourth-order valence-corrected chi connectivity index (χ4v) is 3.84. The van der Waals surface area contributed by atoms with Crippen molar-refractivity contribution >= 4 is 27.5 Å². The van der Waals surface area contributed by atoms with Crippen LogP contribution in [0.4, 0.5) is 5.82 Å². The summed E-state index contributed by atoms with van der Waals surface area (Å²) in [4.78, 5) is 12.4. The SMILES string of the molecule is COCc1cc(NC(=O)C2=C(O)c3ccccc3S(=O)(=O)N2C)no1. The summed E-state index contributed by atoms with van der Waals surface area (Å²) >= 11 is 0. The molecule has 0 bridgehead atoms. The van der Waals surface area contributed by atoms with E-state index in [0.29, 0.717) is 5.76 Å². The van der Waals surface area contributed by atoms with Gasteiger partial charge in [0.15, 0.2) is 23.0 Å². The summed E-state index contributed by atoms with van der Waals surface area (Å²) in [6, 6.07) is 7.33. The summed E-state index contributed by atoms with van der Waals surface area (Å²) < 4.78 is 35.7. The highest BCUT2D eigenvalue weighted by molar-refractivity contribution is 7.89. The van der Waals surface area contributed by atoms with E-state index in [1.54, 1.807) is 6.07 Å². The summed E-state index contributed by atoms with van der Waals surface area (Å²) in [5, 5.41) is 16.4. The van der Waals surface area contributed by atoms with E-state index >= 15 is 0 Å². The van der Waals surface area contributed by atoms with E-state index < -0.39 is 27.4 Å². The first-order valence-electron chi connectivity index (χ1n) is 7.13. The molecule has 0 spiro atoms. The van der Waals surface area contributed by atoms with Crippen LogP contribution in [0.1, 0.15) is 11.3 Å². The maximum Gasteiger partial charge on any atom is 0.278 e. The second kappa shape index (κ2) is 6.22. The van der Waals surface area contributed by atoms with E-state index in [-0.39, 0.29) is 22.9 Å². The Hall–Kier alpha value is -2.85. The van der Waals surface area contributed by atoms with E-state index in [1.165, 1.54) is 38.4 Å². The normalized spacial score (nSPS) is 15.8. The largest absolute Gasteiger partial charge is 0.505 e. The maximum atomic E-state index is 12.6. The second-order valence-corrected chi connectivity index (χ2v) is 7.17. The van der Waals surface area contributed by atoms with Crippen LogP contribution in [0.2, 0.25) is 0 Å². The molecule has 132 valence electrons. The topological polar surface area (TPSA) is 122 Å². The molecule has 0 radical (unpaired) electrons. The number of nitrogens with zero attached hydrogens (tertiary/aromatic N) is 2. The Morgan fingerprint density at radius 2 is 2.12 bits per heavy atom. The van der Waals surface area contributed by atoms with Gasteiger partial charge in [0.25, 0.3) is 15.9 Å². The van der Waals surface area contributed by atoms with Crippen molar-refractivity contribution in [2.24, 2.45) is 0 Å². The van der Waals surface area contributed by atoms with E-state index in [2.05, 4.69) is 10.5 Å². The van der Waals surface area contributed by atoms with Gasteiger partial charge in [-0.05, 0) is 12.1 Å². The molecule has 10 heteroatoms. The molecule has 0 saturated heterocycles. The number of rotatable bonds is 4.